The van der Waals surface area contributed by atoms with Crippen molar-refractivity contribution in [3.63, 3.8) is 0 Å². The molecule has 258 valence electrons. The molecular weight excluding hydrogens is 687 g/mol. The third-order valence-corrected chi connectivity index (χ3v) is 12.0. The van der Waals surface area contributed by atoms with E-state index in [1.165, 1.54) is 36.9 Å². The van der Waals surface area contributed by atoms with E-state index in [0.29, 0.717) is 0 Å². The number of para-hydroxylation sites is 1. The van der Waals surface area contributed by atoms with Crippen molar-refractivity contribution in [3.8, 4) is 33.4 Å². The summed E-state index contributed by atoms with van der Waals surface area (Å²) < 4.78 is 9.38. The van der Waals surface area contributed by atoms with Crippen LogP contribution in [-0.4, -0.2) is 0 Å². The summed E-state index contributed by atoms with van der Waals surface area (Å²) in [6.45, 7) is 0. The summed E-state index contributed by atoms with van der Waals surface area (Å²) in [5.41, 5.74) is 12.0. The minimum Gasteiger partial charge on any atom is -0.455 e. The van der Waals surface area contributed by atoms with Gasteiger partial charge in [-0.05, 0) is 76.2 Å². The Morgan fingerprint density at radius 2 is 1.02 bits per heavy atom. The van der Waals surface area contributed by atoms with Gasteiger partial charge in [0.15, 0.2) is 0 Å². The van der Waals surface area contributed by atoms with Gasteiger partial charge in [-0.3, -0.25) is 0 Å². The number of nitrogens with zero attached hydrogens (tertiary/aromatic N) is 1. The number of anilines is 3. The lowest BCUT2D eigenvalue weighted by Crippen LogP contribution is -2.13. The highest BCUT2D eigenvalue weighted by atomic mass is 32.1. The predicted molar refractivity (Wildman–Crippen MR) is 235 cm³/mol. The van der Waals surface area contributed by atoms with Crippen molar-refractivity contribution in [1.29, 1.82) is 0 Å². The van der Waals surface area contributed by atoms with E-state index in [-0.39, 0.29) is 0 Å². The third-order valence-electron chi connectivity index (χ3n) is 10.9. The Hall–Kier alpha value is -6.94. The van der Waals surface area contributed by atoms with Crippen LogP contribution in [-0.2, 0) is 0 Å². The second-order valence-corrected chi connectivity index (χ2v) is 15.1. The zero-order chi connectivity index (χ0) is 36.3. The van der Waals surface area contributed by atoms with Gasteiger partial charge in [-0.25, -0.2) is 0 Å². The summed E-state index contributed by atoms with van der Waals surface area (Å²) >= 11 is 1.86. The lowest BCUT2D eigenvalue weighted by atomic mass is 9.94. The quantitative estimate of drug-likeness (QED) is 0.170. The van der Waals surface area contributed by atoms with Crippen molar-refractivity contribution < 1.29 is 4.42 Å². The molecule has 0 atom stereocenters. The number of thiophene rings is 1. The van der Waals surface area contributed by atoms with Gasteiger partial charge in [0.25, 0.3) is 0 Å². The first-order valence-electron chi connectivity index (χ1n) is 18.7. The number of fused-ring (bicyclic) bond motifs is 8. The molecule has 2 aromatic heterocycles. The molecule has 55 heavy (non-hydrogen) atoms. The molecule has 0 aliphatic rings. The van der Waals surface area contributed by atoms with Crippen LogP contribution in [0.25, 0.3) is 86.3 Å². The van der Waals surface area contributed by atoms with Crippen LogP contribution >= 0.6 is 11.3 Å². The lowest BCUT2D eigenvalue weighted by Gasteiger charge is -2.31. The molecule has 0 saturated heterocycles. The standard InChI is InChI=1S/C52H33NOS/c1-3-15-34(16-4-1)37-30-32-45(43(33-37)35-17-5-2-6-18-35)53(46-25-14-26-47-51(46)42-31-29-36-19-7-8-20-38(36)52(42)54-47)44-24-11-9-21-39(44)40-23-13-28-49-50(40)41-22-10-12-27-48(41)55-49/h1-33H. The van der Waals surface area contributed by atoms with Crippen LogP contribution in [0.5, 0.6) is 0 Å². The molecule has 0 radical (unpaired) electrons. The van der Waals surface area contributed by atoms with Crippen molar-refractivity contribution in [1.82, 2.24) is 0 Å². The molecule has 0 aliphatic carbocycles. The molecule has 0 amide bonds. The van der Waals surface area contributed by atoms with Crippen molar-refractivity contribution in [2.45, 2.75) is 0 Å². The van der Waals surface area contributed by atoms with Gasteiger partial charge >= 0.3 is 0 Å². The number of benzene rings is 9. The smallest absolute Gasteiger partial charge is 0.143 e. The number of furan rings is 1. The van der Waals surface area contributed by atoms with Crippen molar-refractivity contribution in [3.05, 3.63) is 200 Å². The van der Waals surface area contributed by atoms with Crippen LogP contribution in [0.4, 0.5) is 17.1 Å². The Morgan fingerprint density at radius 1 is 0.364 bits per heavy atom. The van der Waals surface area contributed by atoms with E-state index in [1.54, 1.807) is 0 Å². The molecule has 11 aromatic rings. The van der Waals surface area contributed by atoms with Crippen LogP contribution in [0.2, 0.25) is 0 Å². The van der Waals surface area contributed by atoms with Crippen molar-refractivity contribution in [2.75, 3.05) is 4.90 Å². The van der Waals surface area contributed by atoms with Gasteiger partial charge < -0.3 is 9.32 Å². The van der Waals surface area contributed by atoms with Crippen LogP contribution < -0.4 is 4.90 Å². The molecule has 9 aromatic carbocycles. The van der Waals surface area contributed by atoms with E-state index in [1.807, 2.05) is 11.3 Å². The number of hydrogen-bond donors (Lipinski definition) is 0. The van der Waals surface area contributed by atoms with Crippen molar-refractivity contribution in [2.24, 2.45) is 0 Å². The fourth-order valence-electron chi connectivity index (χ4n) is 8.40. The molecule has 2 nitrogen and oxygen atoms in total. The van der Waals surface area contributed by atoms with Gasteiger partial charge in [0, 0.05) is 42.1 Å². The highest BCUT2D eigenvalue weighted by molar-refractivity contribution is 7.25. The van der Waals surface area contributed by atoms with Crippen LogP contribution in [0.1, 0.15) is 0 Å². The fraction of sp³-hybridized carbons (Fsp3) is 0. The summed E-state index contributed by atoms with van der Waals surface area (Å²) in [6, 6.07) is 72.2. The average Bonchev–Trinajstić information content (AvgIpc) is 3.84. The Morgan fingerprint density at radius 3 is 1.89 bits per heavy atom. The molecule has 11 rings (SSSR count). The molecule has 0 N–H and O–H groups in total. The topological polar surface area (TPSA) is 16.4 Å². The number of rotatable bonds is 6. The lowest BCUT2D eigenvalue weighted by molar-refractivity contribution is 0.672. The van der Waals surface area contributed by atoms with Gasteiger partial charge in [-0.1, -0.05) is 152 Å². The minimum absolute atomic E-state index is 0.861. The third kappa shape index (κ3) is 5.16. The van der Waals surface area contributed by atoms with E-state index >= 15 is 0 Å². The van der Waals surface area contributed by atoms with Gasteiger partial charge in [0.05, 0.1) is 22.4 Å². The molecule has 0 bridgehead atoms. The van der Waals surface area contributed by atoms with Crippen molar-refractivity contribution >= 4 is 81.3 Å². The molecule has 2 heterocycles. The summed E-state index contributed by atoms with van der Waals surface area (Å²) in [7, 11) is 0. The zero-order valence-corrected chi connectivity index (χ0v) is 30.6. The largest absolute Gasteiger partial charge is 0.455 e. The summed E-state index contributed by atoms with van der Waals surface area (Å²) in [4.78, 5) is 2.48. The fourth-order valence-corrected chi connectivity index (χ4v) is 9.53. The SMILES string of the molecule is c1ccc(-c2ccc(N(c3ccccc3-c3cccc4sc5ccccc5c34)c3cccc4oc5c6ccccc6ccc5c34)c(-c3ccccc3)c2)cc1. The summed E-state index contributed by atoms with van der Waals surface area (Å²) in [6.07, 6.45) is 0. The van der Waals surface area contributed by atoms with E-state index in [2.05, 4.69) is 205 Å². The Labute approximate surface area is 322 Å². The predicted octanol–water partition coefficient (Wildman–Crippen LogP) is 15.6. The maximum atomic E-state index is 6.81. The Balaban J connectivity index is 1.25. The van der Waals surface area contributed by atoms with Gasteiger partial charge in [-0.2, -0.15) is 0 Å². The van der Waals surface area contributed by atoms with Crippen LogP contribution in [0, 0.1) is 0 Å². The Kier molecular flexibility index (Phi) is 7.39. The van der Waals surface area contributed by atoms with Crippen LogP contribution in [0.3, 0.4) is 0 Å². The van der Waals surface area contributed by atoms with E-state index < -0.39 is 0 Å². The maximum absolute atomic E-state index is 6.81. The zero-order valence-electron chi connectivity index (χ0n) is 29.8. The number of hydrogen-bond acceptors (Lipinski definition) is 3. The molecular formula is C52H33NOS. The van der Waals surface area contributed by atoms with Gasteiger partial charge in [-0.15, -0.1) is 11.3 Å². The summed E-state index contributed by atoms with van der Waals surface area (Å²) in [5.74, 6) is 0. The van der Waals surface area contributed by atoms with E-state index in [9.17, 15) is 0 Å². The highest BCUT2D eigenvalue weighted by Gasteiger charge is 2.26. The first-order valence-corrected chi connectivity index (χ1v) is 19.5. The van der Waals surface area contributed by atoms with E-state index in [4.69, 9.17) is 4.42 Å². The molecule has 0 saturated carbocycles. The monoisotopic (exact) mass is 719 g/mol. The molecule has 0 unspecified atom stereocenters. The first-order chi connectivity index (χ1) is 27.3. The van der Waals surface area contributed by atoms with Gasteiger partial charge in [0.2, 0.25) is 0 Å². The van der Waals surface area contributed by atoms with Crippen LogP contribution in [0.15, 0.2) is 205 Å². The van der Waals surface area contributed by atoms with E-state index in [0.717, 1.165) is 66.5 Å². The molecule has 3 heteroatoms. The Bertz CT molecular complexity index is 3210. The maximum Gasteiger partial charge on any atom is 0.143 e. The second kappa shape index (κ2) is 12.9. The second-order valence-electron chi connectivity index (χ2n) is 14.0. The average molecular weight is 720 g/mol. The molecule has 0 aliphatic heterocycles. The van der Waals surface area contributed by atoms with Gasteiger partial charge in [0.1, 0.15) is 11.2 Å². The minimum atomic E-state index is 0.861. The normalized spacial score (nSPS) is 11.6. The first kappa shape index (κ1) is 31.6. The highest BCUT2D eigenvalue weighted by Crippen LogP contribution is 2.51. The molecule has 0 fully saturated rings. The summed E-state index contributed by atoms with van der Waals surface area (Å²) in [5, 5.41) is 7.03. The molecule has 0 spiro atoms.